The Labute approximate surface area is 118 Å². The molecule has 2 atom stereocenters. The number of aliphatic hydroxyl groups is 1. The lowest BCUT2D eigenvalue weighted by molar-refractivity contribution is 0.0310. The van der Waals surface area contributed by atoms with Gasteiger partial charge in [-0.3, -0.25) is 0 Å². The molecular weight excluding hydrogens is 232 g/mol. The van der Waals surface area contributed by atoms with Crippen LogP contribution in [0, 0.1) is 5.92 Å². The van der Waals surface area contributed by atoms with E-state index in [0.29, 0.717) is 5.92 Å². The molecule has 1 heteroatoms. The molecule has 0 saturated carbocycles. The third-order valence-corrected chi connectivity index (χ3v) is 4.50. The van der Waals surface area contributed by atoms with E-state index in [4.69, 9.17) is 0 Å². The van der Waals surface area contributed by atoms with Crippen molar-refractivity contribution in [1.82, 2.24) is 0 Å². The third kappa shape index (κ3) is 3.60. The van der Waals surface area contributed by atoms with Crippen LogP contribution in [0.3, 0.4) is 0 Å². The molecule has 0 aromatic heterocycles. The molecule has 0 aliphatic heterocycles. The minimum absolute atomic E-state index is 0.580. The fourth-order valence-corrected chi connectivity index (χ4v) is 3.46. The summed E-state index contributed by atoms with van der Waals surface area (Å²) in [6.07, 6.45) is 8.26. The molecule has 0 heterocycles. The predicted molar refractivity (Wildman–Crippen MR) is 81.3 cm³/mol. The second-order valence-electron chi connectivity index (χ2n) is 6.56. The molecule has 1 nitrogen and oxygen atoms in total. The molecule has 1 aromatic rings. The van der Waals surface area contributed by atoms with Gasteiger partial charge in [0.25, 0.3) is 0 Å². The van der Waals surface area contributed by atoms with Gasteiger partial charge in [-0.15, -0.1) is 0 Å². The molecule has 0 bridgehead atoms. The van der Waals surface area contributed by atoms with Crippen molar-refractivity contribution in [1.29, 1.82) is 0 Å². The SMILES string of the molecule is CCCC(C)CC(C)(O)c1ccc2c(c1)CCCC2. The Hall–Kier alpha value is -0.820. The van der Waals surface area contributed by atoms with E-state index in [1.54, 1.807) is 0 Å². The summed E-state index contributed by atoms with van der Waals surface area (Å²) in [5, 5.41) is 10.8. The number of hydrogen-bond acceptors (Lipinski definition) is 1. The van der Waals surface area contributed by atoms with Crippen LogP contribution in [-0.4, -0.2) is 5.11 Å². The van der Waals surface area contributed by atoms with Crippen molar-refractivity contribution in [2.75, 3.05) is 0 Å². The Bertz CT molecular complexity index is 420. The second-order valence-corrected chi connectivity index (χ2v) is 6.56. The van der Waals surface area contributed by atoms with Crippen LogP contribution in [0.15, 0.2) is 18.2 Å². The highest BCUT2D eigenvalue weighted by atomic mass is 16.3. The Morgan fingerprint density at radius 3 is 2.58 bits per heavy atom. The number of hydrogen-bond donors (Lipinski definition) is 1. The van der Waals surface area contributed by atoms with E-state index in [1.165, 1.54) is 49.7 Å². The first kappa shape index (κ1) is 14.6. The van der Waals surface area contributed by atoms with E-state index < -0.39 is 5.60 Å². The zero-order chi connectivity index (χ0) is 13.9. The van der Waals surface area contributed by atoms with Gasteiger partial charge in [0, 0.05) is 0 Å². The van der Waals surface area contributed by atoms with Crippen molar-refractivity contribution in [2.45, 2.75) is 71.3 Å². The van der Waals surface area contributed by atoms with Gasteiger partial charge in [-0.2, -0.15) is 0 Å². The maximum absolute atomic E-state index is 10.8. The first-order chi connectivity index (χ1) is 9.03. The Morgan fingerprint density at radius 2 is 1.89 bits per heavy atom. The molecular formula is C18H28O. The van der Waals surface area contributed by atoms with Gasteiger partial charge in [0.15, 0.2) is 0 Å². The molecule has 0 fully saturated rings. The molecule has 1 aliphatic carbocycles. The van der Waals surface area contributed by atoms with Crippen molar-refractivity contribution in [2.24, 2.45) is 5.92 Å². The normalized spacial score (nSPS) is 19.6. The number of aryl methyl sites for hydroxylation is 2. The lowest BCUT2D eigenvalue weighted by atomic mass is 9.82. The summed E-state index contributed by atoms with van der Waals surface area (Å²) in [6, 6.07) is 6.64. The molecule has 1 aromatic carbocycles. The predicted octanol–water partition coefficient (Wildman–Crippen LogP) is 4.60. The summed E-state index contributed by atoms with van der Waals surface area (Å²) >= 11 is 0. The van der Waals surface area contributed by atoms with Crippen LogP contribution in [0.25, 0.3) is 0 Å². The Morgan fingerprint density at radius 1 is 1.21 bits per heavy atom. The van der Waals surface area contributed by atoms with Gasteiger partial charge in [-0.05, 0) is 61.6 Å². The summed E-state index contributed by atoms with van der Waals surface area (Å²) in [5.74, 6) is 0.580. The van der Waals surface area contributed by atoms with Crippen LogP contribution in [0.1, 0.15) is 69.6 Å². The van der Waals surface area contributed by atoms with Gasteiger partial charge in [0.2, 0.25) is 0 Å². The molecule has 106 valence electrons. The van der Waals surface area contributed by atoms with Gasteiger partial charge in [-0.1, -0.05) is 44.9 Å². The number of rotatable bonds is 5. The highest BCUT2D eigenvalue weighted by Gasteiger charge is 2.26. The maximum atomic E-state index is 10.8. The fourth-order valence-electron chi connectivity index (χ4n) is 3.46. The van der Waals surface area contributed by atoms with Crippen LogP contribution < -0.4 is 0 Å². The lowest BCUT2D eigenvalue weighted by Crippen LogP contribution is -2.24. The minimum atomic E-state index is -0.680. The van der Waals surface area contributed by atoms with E-state index in [9.17, 15) is 5.11 Å². The third-order valence-electron chi connectivity index (χ3n) is 4.50. The monoisotopic (exact) mass is 260 g/mol. The molecule has 0 amide bonds. The average molecular weight is 260 g/mol. The summed E-state index contributed by atoms with van der Waals surface area (Å²) in [5.41, 5.74) is 3.39. The van der Waals surface area contributed by atoms with Crippen molar-refractivity contribution in [3.63, 3.8) is 0 Å². The van der Waals surface area contributed by atoms with Crippen molar-refractivity contribution >= 4 is 0 Å². The van der Waals surface area contributed by atoms with Gasteiger partial charge >= 0.3 is 0 Å². The van der Waals surface area contributed by atoms with Crippen molar-refractivity contribution < 1.29 is 5.11 Å². The maximum Gasteiger partial charge on any atom is 0.0871 e. The molecule has 0 spiro atoms. The Balaban J connectivity index is 2.15. The fraction of sp³-hybridized carbons (Fsp3) is 0.667. The number of fused-ring (bicyclic) bond motifs is 1. The van der Waals surface area contributed by atoms with Crippen LogP contribution in [0.4, 0.5) is 0 Å². The van der Waals surface area contributed by atoms with Gasteiger partial charge in [-0.25, -0.2) is 0 Å². The largest absolute Gasteiger partial charge is 0.385 e. The molecule has 1 aliphatic rings. The van der Waals surface area contributed by atoms with Crippen molar-refractivity contribution in [3.05, 3.63) is 34.9 Å². The number of benzene rings is 1. The molecule has 2 rings (SSSR count). The molecule has 2 unspecified atom stereocenters. The molecule has 0 saturated heterocycles. The van der Waals surface area contributed by atoms with Crippen molar-refractivity contribution in [3.8, 4) is 0 Å². The summed E-state index contributed by atoms with van der Waals surface area (Å²) in [6.45, 7) is 6.43. The lowest BCUT2D eigenvalue weighted by Gasteiger charge is -2.29. The Kier molecular flexibility index (Phi) is 4.67. The van der Waals surface area contributed by atoms with E-state index in [1.807, 2.05) is 6.92 Å². The molecule has 1 N–H and O–H groups in total. The van der Waals surface area contributed by atoms with E-state index in [0.717, 1.165) is 12.0 Å². The highest BCUT2D eigenvalue weighted by Crippen LogP contribution is 2.32. The summed E-state index contributed by atoms with van der Waals surface area (Å²) < 4.78 is 0. The van der Waals surface area contributed by atoms with Crippen LogP contribution in [0.5, 0.6) is 0 Å². The van der Waals surface area contributed by atoms with Crippen LogP contribution >= 0.6 is 0 Å². The minimum Gasteiger partial charge on any atom is -0.385 e. The highest BCUT2D eigenvalue weighted by molar-refractivity contribution is 5.36. The van der Waals surface area contributed by atoms with Gasteiger partial charge in [0.1, 0.15) is 0 Å². The standard InChI is InChI=1S/C18H28O/c1-4-7-14(2)13-18(3,19)17-11-10-15-8-5-6-9-16(15)12-17/h10-12,14,19H,4-9,13H2,1-3H3. The average Bonchev–Trinajstić information content (AvgIpc) is 2.37. The zero-order valence-electron chi connectivity index (χ0n) is 12.7. The van der Waals surface area contributed by atoms with E-state index in [2.05, 4.69) is 32.0 Å². The zero-order valence-corrected chi connectivity index (χ0v) is 12.7. The van der Waals surface area contributed by atoms with Gasteiger partial charge < -0.3 is 5.11 Å². The first-order valence-corrected chi connectivity index (χ1v) is 7.87. The van der Waals surface area contributed by atoms with E-state index in [-0.39, 0.29) is 0 Å². The molecule has 19 heavy (non-hydrogen) atoms. The first-order valence-electron chi connectivity index (χ1n) is 7.87. The smallest absolute Gasteiger partial charge is 0.0871 e. The topological polar surface area (TPSA) is 20.2 Å². The van der Waals surface area contributed by atoms with Gasteiger partial charge in [0.05, 0.1) is 5.60 Å². The quantitative estimate of drug-likeness (QED) is 0.820. The summed E-state index contributed by atoms with van der Waals surface area (Å²) in [7, 11) is 0. The van der Waals surface area contributed by atoms with Crippen LogP contribution in [-0.2, 0) is 18.4 Å². The molecule has 0 radical (unpaired) electrons. The second kappa shape index (κ2) is 6.09. The van der Waals surface area contributed by atoms with E-state index >= 15 is 0 Å². The summed E-state index contributed by atoms with van der Waals surface area (Å²) in [4.78, 5) is 0. The van der Waals surface area contributed by atoms with Crippen LogP contribution in [0.2, 0.25) is 0 Å².